The molecule has 0 saturated heterocycles. The van der Waals surface area contributed by atoms with Gasteiger partial charge in [-0.3, -0.25) is 0 Å². The van der Waals surface area contributed by atoms with E-state index in [-0.39, 0.29) is 36.5 Å². The summed E-state index contributed by atoms with van der Waals surface area (Å²) in [7, 11) is 0. The zero-order chi connectivity index (χ0) is 6.69. The van der Waals surface area contributed by atoms with Crippen LogP contribution in [0.4, 0.5) is 0 Å². The van der Waals surface area contributed by atoms with Gasteiger partial charge in [-0.2, -0.15) is 0 Å². The molecule has 0 amide bonds. The van der Waals surface area contributed by atoms with Crippen LogP contribution in [0, 0.1) is 0 Å². The van der Waals surface area contributed by atoms with E-state index in [0.29, 0.717) is 5.22 Å². The van der Waals surface area contributed by atoms with Gasteiger partial charge in [-0.15, -0.1) is 0 Å². The molecule has 0 N–H and O–H groups in total. The van der Waals surface area contributed by atoms with Crippen molar-refractivity contribution in [1.82, 2.24) is 5.41 Å². The maximum atomic E-state index is 8.36. The molecule has 1 rings (SSSR count). The van der Waals surface area contributed by atoms with Gasteiger partial charge in [0.1, 0.15) is 0 Å². The molecule has 0 spiro atoms. The Labute approximate surface area is 88.9 Å². The van der Waals surface area contributed by atoms with Crippen molar-refractivity contribution in [3.8, 4) is 0 Å². The van der Waals surface area contributed by atoms with Crippen LogP contribution in [0.15, 0.2) is 24.3 Å². The zero-order valence-electron chi connectivity index (χ0n) is 6.05. The fraction of sp³-hybridized carbons (Fsp3) is 0. The van der Waals surface area contributed by atoms with Gasteiger partial charge < -0.3 is 17.0 Å². The number of halogens is 1. The monoisotopic (exact) mass is 259 g/mol. The first-order valence-corrected chi connectivity index (χ1v) is 2.65. The van der Waals surface area contributed by atoms with Crippen molar-refractivity contribution in [3.63, 3.8) is 0 Å². The van der Waals surface area contributed by atoms with Crippen molar-refractivity contribution in [2.75, 3.05) is 0 Å². The largest absolute Gasteiger partial charge is 1.00 e. The van der Waals surface area contributed by atoms with Gasteiger partial charge in [0, 0.05) is 30.6 Å². The molecule has 0 unspecified atom stereocenters. The molecule has 0 aromatic heterocycles. The van der Waals surface area contributed by atoms with E-state index in [0.717, 1.165) is 5.22 Å². The zero-order valence-corrected chi connectivity index (χ0v) is 10.6. The average Bonchev–Trinajstić information content (AvgIpc) is 1.90. The fourth-order valence-electron chi connectivity index (χ4n) is 0.579. The van der Waals surface area contributed by atoms with Gasteiger partial charge in [0.05, 0.1) is 0 Å². The molecular weight excluding hydrogens is 255 g/mol. The molecule has 53 valence electrons. The summed E-state index contributed by atoms with van der Waals surface area (Å²) in [5.41, 5.74) is 0. The first-order chi connectivity index (χ1) is 4.33. The minimum Gasteiger partial charge on any atom is -1.00 e. The third kappa shape index (κ3) is 4.26. The second-order valence-electron chi connectivity index (χ2n) is 1.81. The van der Waals surface area contributed by atoms with Gasteiger partial charge in [-0.1, -0.05) is 24.1 Å². The Morgan fingerprint density at radius 1 is 1.18 bits per heavy atom. The molecule has 1 aromatic rings. The SMILES string of the molecule is C=c1ccc(=C=[N])cc1.[Br-].[Zn]. The van der Waals surface area contributed by atoms with Crippen molar-refractivity contribution in [2.45, 2.75) is 0 Å². The Balaban J connectivity index is 0. The predicted molar refractivity (Wildman–Crippen MR) is 37.5 cm³/mol. The molecular formula is C8H6BrNZn-. The van der Waals surface area contributed by atoms with Gasteiger partial charge in [0.25, 0.3) is 0 Å². The second kappa shape index (κ2) is 6.48. The standard InChI is InChI=1S/C8H6N.BrH.Zn/c1-7-2-4-8(6-9)5-3-7;;/h2-5H,1H2;1H;/p-1. The Morgan fingerprint density at radius 3 is 2.00 bits per heavy atom. The molecule has 1 aromatic carbocycles. The quantitative estimate of drug-likeness (QED) is 0.338. The number of nitrogens with zero attached hydrogens (tertiary/aromatic N) is 1. The minimum absolute atomic E-state index is 0. The molecule has 0 aliphatic heterocycles. The first-order valence-electron chi connectivity index (χ1n) is 2.65. The van der Waals surface area contributed by atoms with Crippen LogP contribution in [-0.4, -0.2) is 5.87 Å². The molecule has 1 nitrogen and oxygen atoms in total. The molecule has 0 aliphatic carbocycles. The van der Waals surface area contributed by atoms with Crippen LogP contribution in [0.2, 0.25) is 0 Å². The number of benzene rings is 1. The summed E-state index contributed by atoms with van der Waals surface area (Å²) < 4.78 is 0. The third-order valence-corrected chi connectivity index (χ3v) is 1.08. The van der Waals surface area contributed by atoms with Gasteiger partial charge in [-0.05, 0) is 17.4 Å². The van der Waals surface area contributed by atoms with Gasteiger partial charge in [0.15, 0.2) is 0 Å². The maximum absolute atomic E-state index is 8.36. The third-order valence-electron chi connectivity index (χ3n) is 1.08. The molecule has 0 saturated carbocycles. The van der Waals surface area contributed by atoms with Crippen molar-refractivity contribution in [1.29, 1.82) is 0 Å². The van der Waals surface area contributed by atoms with E-state index in [1.165, 1.54) is 0 Å². The van der Waals surface area contributed by atoms with Crippen LogP contribution in [0.5, 0.6) is 0 Å². The summed E-state index contributed by atoms with van der Waals surface area (Å²) in [4.78, 5) is 0. The van der Waals surface area contributed by atoms with Crippen LogP contribution < -0.4 is 32.8 Å². The van der Waals surface area contributed by atoms with Gasteiger partial charge in [0.2, 0.25) is 0 Å². The van der Waals surface area contributed by atoms with Crippen molar-refractivity contribution in [2.24, 2.45) is 0 Å². The van der Waals surface area contributed by atoms with E-state index in [4.69, 9.17) is 5.41 Å². The molecule has 3 heteroatoms. The van der Waals surface area contributed by atoms with E-state index >= 15 is 0 Å². The van der Waals surface area contributed by atoms with E-state index in [1.807, 2.05) is 18.0 Å². The summed E-state index contributed by atoms with van der Waals surface area (Å²) in [6.07, 6.45) is 0. The molecule has 0 bridgehead atoms. The predicted octanol–water partition coefficient (Wildman–Crippen LogP) is -3.76. The number of hydrogen-bond acceptors (Lipinski definition) is 0. The van der Waals surface area contributed by atoms with E-state index < -0.39 is 0 Å². The Hall–Kier alpha value is -0.227. The summed E-state index contributed by atoms with van der Waals surface area (Å²) in [5.74, 6) is 2.03. The molecule has 0 fully saturated rings. The van der Waals surface area contributed by atoms with Crippen molar-refractivity contribution >= 4 is 12.4 Å². The maximum Gasteiger partial charge on any atom is 0.0380 e. The van der Waals surface area contributed by atoms with Crippen LogP contribution >= 0.6 is 0 Å². The van der Waals surface area contributed by atoms with Crippen LogP contribution in [-0.2, 0) is 19.5 Å². The Morgan fingerprint density at radius 2 is 1.64 bits per heavy atom. The average molecular weight is 261 g/mol. The normalized spacial score (nSPS) is 6.91. The second-order valence-corrected chi connectivity index (χ2v) is 1.81. The van der Waals surface area contributed by atoms with Crippen LogP contribution in [0.25, 0.3) is 6.58 Å². The van der Waals surface area contributed by atoms with E-state index in [2.05, 4.69) is 6.58 Å². The Bertz CT molecular complexity index is 307. The number of hydrogen-bond donors (Lipinski definition) is 0. The summed E-state index contributed by atoms with van der Waals surface area (Å²) in [5, 5.41) is 9.98. The van der Waals surface area contributed by atoms with Crippen molar-refractivity contribution < 1.29 is 36.5 Å². The molecule has 0 atom stereocenters. The molecule has 0 heterocycles. The molecule has 0 aliphatic rings. The van der Waals surface area contributed by atoms with Crippen molar-refractivity contribution in [3.05, 3.63) is 34.7 Å². The van der Waals surface area contributed by atoms with E-state index in [9.17, 15) is 0 Å². The number of rotatable bonds is 0. The summed E-state index contributed by atoms with van der Waals surface area (Å²) in [6, 6.07) is 7.14. The van der Waals surface area contributed by atoms with Crippen LogP contribution in [0.3, 0.4) is 0 Å². The topological polar surface area (TPSA) is 22.3 Å². The van der Waals surface area contributed by atoms with Gasteiger partial charge in [-0.25, -0.2) is 0 Å². The minimum atomic E-state index is 0. The molecule has 11 heavy (non-hydrogen) atoms. The Kier molecular flexibility index (Phi) is 7.88. The smallest absolute Gasteiger partial charge is 0.0380 e. The first kappa shape index (κ1) is 13.4. The summed E-state index contributed by atoms with van der Waals surface area (Å²) in [6.45, 7) is 3.69. The van der Waals surface area contributed by atoms with Crippen LogP contribution in [0.1, 0.15) is 0 Å². The summed E-state index contributed by atoms with van der Waals surface area (Å²) >= 11 is 0. The van der Waals surface area contributed by atoms with Gasteiger partial charge >= 0.3 is 0 Å². The fourth-order valence-corrected chi connectivity index (χ4v) is 0.579. The molecule has 1 radical (unpaired) electrons. The van der Waals surface area contributed by atoms with E-state index in [1.54, 1.807) is 12.1 Å².